The van der Waals surface area contributed by atoms with Crippen LogP contribution in [0.2, 0.25) is 0 Å². The van der Waals surface area contributed by atoms with Gasteiger partial charge < -0.3 is 10.2 Å². The minimum absolute atomic E-state index is 0.261. The Labute approximate surface area is 175 Å². The third kappa shape index (κ3) is 12.7. The van der Waals surface area contributed by atoms with Gasteiger partial charge in [0.15, 0.2) is 0 Å². The van der Waals surface area contributed by atoms with Crippen molar-refractivity contribution in [1.82, 2.24) is 0 Å². The maximum absolute atomic E-state index is 11.0. The monoisotopic (exact) mass is 400 g/mol. The van der Waals surface area contributed by atoms with E-state index in [2.05, 4.69) is 19.1 Å². The third-order valence-electron chi connectivity index (χ3n) is 4.88. The Morgan fingerprint density at radius 1 is 0.793 bits per heavy atom. The highest BCUT2D eigenvalue weighted by atomic mass is 16.4. The molecule has 29 heavy (non-hydrogen) atoms. The van der Waals surface area contributed by atoms with Crippen LogP contribution >= 0.6 is 0 Å². The molecule has 0 heterocycles. The molecule has 160 valence electrons. The molecule has 0 saturated heterocycles. The van der Waals surface area contributed by atoms with Gasteiger partial charge in [0, 0.05) is 0 Å². The number of rotatable bonds is 16. The molecule has 1 aromatic rings. The summed E-state index contributed by atoms with van der Waals surface area (Å²) in [5, 5.41) is 18.0. The van der Waals surface area contributed by atoms with Crippen LogP contribution in [0.4, 0.5) is 0 Å². The van der Waals surface area contributed by atoms with Crippen LogP contribution in [-0.2, 0) is 9.59 Å². The lowest BCUT2D eigenvalue weighted by Gasteiger charge is -2.05. The smallest absolute Gasteiger partial charge is 0.307 e. The molecular formula is C25H36O4. The first-order valence-corrected chi connectivity index (χ1v) is 10.9. The topological polar surface area (TPSA) is 74.6 Å². The average Bonchev–Trinajstić information content (AvgIpc) is 2.66. The fourth-order valence-electron chi connectivity index (χ4n) is 3.35. The van der Waals surface area contributed by atoms with Gasteiger partial charge in [-0.2, -0.15) is 0 Å². The zero-order valence-electron chi connectivity index (χ0n) is 17.7. The maximum atomic E-state index is 11.0. The first kappa shape index (κ1) is 24.7. The van der Waals surface area contributed by atoms with Gasteiger partial charge in [-0.25, -0.2) is 0 Å². The van der Waals surface area contributed by atoms with Crippen LogP contribution in [0, 0.1) is 0 Å². The lowest BCUT2D eigenvalue weighted by molar-refractivity contribution is -0.136. The summed E-state index contributed by atoms with van der Waals surface area (Å²) < 4.78 is 0. The van der Waals surface area contributed by atoms with E-state index in [1.54, 1.807) is 6.08 Å². The summed E-state index contributed by atoms with van der Waals surface area (Å²) in [7, 11) is 0. The first-order chi connectivity index (χ1) is 14.0. The molecule has 0 spiro atoms. The number of unbranched alkanes of at least 4 members (excludes halogenated alkanes) is 9. The quantitative estimate of drug-likeness (QED) is 0.294. The molecule has 0 atom stereocenters. The second-order valence-corrected chi connectivity index (χ2v) is 7.59. The third-order valence-corrected chi connectivity index (χ3v) is 4.88. The van der Waals surface area contributed by atoms with Gasteiger partial charge in [0.1, 0.15) is 0 Å². The second kappa shape index (κ2) is 15.5. The summed E-state index contributed by atoms with van der Waals surface area (Å²) in [4.78, 5) is 22.0. The van der Waals surface area contributed by atoms with Crippen molar-refractivity contribution in [1.29, 1.82) is 0 Å². The standard InChI is InChI=1S/C25H36O4/c1-2-3-4-5-6-7-8-9-10-11-12-15-22-16-13-14-17-23(22)18-21(19-24(26)27)20-25(28)29/h12-18H,2-11,19-20H2,1H3,(H,26,27)(H,28,29)/b15-12-. The van der Waals surface area contributed by atoms with Crippen molar-refractivity contribution < 1.29 is 19.8 Å². The van der Waals surface area contributed by atoms with Gasteiger partial charge in [-0.15, -0.1) is 0 Å². The molecule has 0 unspecified atom stereocenters. The molecule has 0 aliphatic carbocycles. The Morgan fingerprint density at radius 3 is 1.86 bits per heavy atom. The van der Waals surface area contributed by atoms with E-state index in [1.807, 2.05) is 24.3 Å². The maximum Gasteiger partial charge on any atom is 0.307 e. The second-order valence-electron chi connectivity index (χ2n) is 7.59. The van der Waals surface area contributed by atoms with Crippen LogP contribution in [-0.4, -0.2) is 22.2 Å². The number of benzene rings is 1. The summed E-state index contributed by atoms with van der Waals surface area (Å²) in [5.74, 6) is -2.04. The summed E-state index contributed by atoms with van der Waals surface area (Å²) >= 11 is 0. The van der Waals surface area contributed by atoms with Gasteiger partial charge >= 0.3 is 11.9 Å². The lowest BCUT2D eigenvalue weighted by atomic mass is 10.0. The molecule has 0 fully saturated rings. The lowest BCUT2D eigenvalue weighted by Crippen LogP contribution is -2.03. The van der Waals surface area contributed by atoms with Gasteiger partial charge in [0.2, 0.25) is 0 Å². The van der Waals surface area contributed by atoms with E-state index in [1.165, 1.54) is 57.8 Å². The predicted molar refractivity (Wildman–Crippen MR) is 120 cm³/mol. The van der Waals surface area contributed by atoms with E-state index < -0.39 is 11.9 Å². The molecule has 0 aromatic heterocycles. The van der Waals surface area contributed by atoms with Gasteiger partial charge in [0.05, 0.1) is 12.8 Å². The van der Waals surface area contributed by atoms with Crippen LogP contribution in [0.25, 0.3) is 12.2 Å². The van der Waals surface area contributed by atoms with Crippen molar-refractivity contribution in [2.75, 3.05) is 0 Å². The minimum atomic E-state index is -1.02. The number of aliphatic carboxylic acids is 2. The van der Waals surface area contributed by atoms with Gasteiger partial charge in [-0.05, 0) is 29.5 Å². The van der Waals surface area contributed by atoms with E-state index in [0.29, 0.717) is 5.57 Å². The SMILES string of the molecule is CCCCCCCCCCC/C=C\c1ccccc1C=C(CC(=O)O)CC(=O)O. The fraction of sp³-hybridized carbons (Fsp3) is 0.520. The molecule has 0 radical (unpaired) electrons. The van der Waals surface area contributed by atoms with E-state index in [0.717, 1.165) is 17.5 Å². The highest BCUT2D eigenvalue weighted by molar-refractivity contribution is 5.79. The van der Waals surface area contributed by atoms with Crippen LogP contribution in [0.5, 0.6) is 0 Å². The average molecular weight is 401 g/mol. The molecule has 4 nitrogen and oxygen atoms in total. The Kier molecular flexibility index (Phi) is 13.2. The van der Waals surface area contributed by atoms with Crippen molar-refractivity contribution in [3.8, 4) is 0 Å². The highest BCUT2D eigenvalue weighted by Crippen LogP contribution is 2.19. The fourth-order valence-corrected chi connectivity index (χ4v) is 3.35. The van der Waals surface area contributed by atoms with Crippen molar-refractivity contribution >= 4 is 24.1 Å². The number of carboxylic acids is 2. The van der Waals surface area contributed by atoms with Crippen LogP contribution < -0.4 is 0 Å². The summed E-state index contributed by atoms with van der Waals surface area (Å²) in [6.45, 7) is 2.24. The van der Waals surface area contributed by atoms with E-state index in [-0.39, 0.29) is 12.8 Å². The van der Waals surface area contributed by atoms with Gasteiger partial charge in [-0.1, -0.05) is 101 Å². The molecule has 0 aliphatic heterocycles. The highest BCUT2D eigenvalue weighted by Gasteiger charge is 2.09. The molecule has 0 aliphatic rings. The van der Waals surface area contributed by atoms with E-state index >= 15 is 0 Å². The molecule has 1 aromatic carbocycles. The van der Waals surface area contributed by atoms with Crippen molar-refractivity contribution in [3.63, 3.8) is 0 Å². The number of hydrogen-bond acceptors (Lipinski definition) is 2. The number of carboxylic acid groups (broad SMARTS) is 2. The molecule has 0 bridgehead atoms. The van der Waals surface area contributed by atoms with Crippen molar-refractivity contribution in [2.45, 2.75) is 84.0 Å². The largest absolute Gasteiger partial charge is 0.481 e. The number of hydrogen-bond donors (Lipinski definition) is 2. The molecule has 0 saturated carbocycles. The Hall–Kier alpha value is -2.36. The van der Waals surface area contributed by atoms with E-state index in [9.17, 15) is 9.59 Å². The molecule has 2 N–H and O–H groups in total. The molecule has 4 heteroatoms. The van der Waals surface area contributed by atoms with Crippen LogP contribution in [0.3, 0.4) is 0 Å². The van der Waals surface area contributed by atoms with Crippen molar-refractivity contribution in [3.05, 3.63) is 47.0 Å². The van der Waals surface area contributed by atoms with Crippen LogP contribution in [0.1, 0.15) is 95.1 Å². The summed E-state index contributed by atoms with van der Waals surface area (Å²) in [6, 6.07) is 7.67. The zero-order valence-corrected chi connectivity index (χ0v) is 17.7. The van der Waals surface area contributed by atoms with Crippen LogP contribution in [0.15, 0.2) is 35.9 Å². The summed E-state index contributed by atoms with van der Waals surface area (Å²) in [5.41, 5.74) is 2.23. The number of carbonyl (C=O) groups is 2. The Bertz CT molecular complexity index is 655. The van der Waals surface area contributed by atoms with E-state index in [4.69, 9.17) is 10.2 Å². The molecule has 0 amide bonds. The van der Waals surface area contributed by atoms with Gasteiger partial charge in [-0.3, -0.25) is 9.59 Å². The summed E-state index contributed by atoms with van der Waals surface area (Å²) in [6.07, 6.45) is 18.2. The predicted octanol–water partition coefficient (Wildman–Crippen LogP) is 6.95. The normalized spacial score (nSPS) is 10.9. The Morgan fingerprint density at radius 2 is 1.31 bits per heavy atom. The molecular weight excluding hydrogens is 364 g/mol. The molecule has 1 rings (SSSR count). The minimum Gasteiger partial charge on any atom is -0.481 e. The van der Waals surface area contributed by atoms with Gasteiger partial charge in [0.25, 0.3) is 0 Å². The Balaban J connectivity index is 2.49. The number of allylic oxidation sites excluding steroid dienone is 1. The van der Waals surface area contributed by atoms with Crippen molar-refractivity contribution in [2.24, 2.45) is 0 Å². The zero-order chi connectivity index (χ0) is 21.3. The first-order valence-electron chi connectivity index (χ1n) is 10.9.